The van der Waals surface area contributed by atoms with E-state index in [1.807, 2.05) is 51.1 Å². The molecule has 2 aromatic rings. The maximum atomic E-state index is 12.6. The SMILES string of the molecule is CC(C)CCC(=O)NN(CC(C)C)C(=O)[C@@H](N)Cc1ccccc1.Cc1ccc(S(=O)(=O)O)cc1. The van der Waals surface area contributed by atoms with E-state index in [2.05, 4.69) is 19.3 Å². The van der Waals surface area contributed by atoms with Crippen molar-refractivity contribution in [1.82, 2.24) is 10.4 Å². The molecule has 0 saturated heterocycles. The molecule has 0 bridgehead atoms. The van der Waals surface area contributed by atoms with Gasteiger partial charge in [-0.1, -0.05) is 75.7 Å². The average molecular weight is 506 g/mol. The number of amides is 2. The molecule has 0 fully saturated rings. The summed E-state index contributed by atoms with van der Waals surface area (Å²) in [6.45, 7) is 10.4. The summed E-state index contributed by atoms with van der Waals surface area (Å²) < 4.78 is 29.6. The third-order valence-corrected chi connectivity index (χ3v) is 5.82. The van der Waals surface area contributed by atoms with Crippen LogP contribution in [-0.2, 0) is 26.1 Å². The van der Waals surface area contributed by atoms with E-state index in [1.54, 1.807) is 12.1 Å². The molecule has 0 aliphatic heterocycles. The lowest BCUT2D eigenvalue weighted by atomic mass is 10.1. The number of hydrazine groups is 1. The summed E-state index contributed by atoms with van der Waals surface area (Å²) in [5.74, 6) is 0.309. The number of nitrogens with two attached hydrogens (primary N) is 1. The lowest BCUT2D eigenvalue weighted by Gasteiger charge is -2.28. The Kier molecular flexibility index (Phi) is 12.6. The van der Waals surface area contributed by atoms with Crippen LogP contribution in [0.2, 0.25) is 0 Å². The molecule has 4 N–H and O–H groups in total. The number of nitrogens with one attached hydrogen (secondary N) is 1. The molecule has 1 atom stereocenters. The second-order valence-electron chi connectivity index (χ2n) is 9.39. The van der Waals surface area contributed by atoms with Gasteiger partial charge >= 0.3 is 0 Å². The fourth-order valence-electron chi connectivity index (χ4n) is 3.05. The molecule has 0 aliphatic rings. The first-order chi connectivity index (χ1) is 16.3. The second-order valence-corrected chi connectivity index (χ2v) is 10.8. The first-order valence-corrected chi connectivity index (χ1v) is 13.2. The van der Waals surface area contributed by atoms with Crippen molar-refractivity contribution in [3.8, 4) is 0 Å². The zero-order valence-corrected chi connectivity index (χ0v) is 22.1. The number of hydrogen-bond donors (Lipinski definition) is 3. The van der Waals surface area contributed by atoms with Gasteiger partial charge in [-0.2, -0.15) is 8.42 Å². The summed E-state index contributed by atoms with van der Waals surface area (Å²) in [7, 11) is -4.02. The molecular weight excluding hydrogens is 466 g/mol. The molecule has 9 heteroatoms. The molecule has 2 rings (SSSR count). The zero-order chi connectivity index (χ0) is 26.6. The minimum absolute atomic E-state index is 0.0666. The van der Waals surface area contributed by atoms with Crippen molar-refractivity contribution in [2.45, 2.75) is 64.8 Å². The van der Waals surface area contributed by atoms with E-state index >= 15 is 0 Å². The number of nitrogens with zero attached hydrogens (tertiary/aromatic N) is 1. The molecule has 0 aromatic heterocycles. The molecule has 0 unspecified atom stereocenters. The zero-order valence-electron chi connectivity index (χ0n) is 21.3. The van der Waals surface area contributed by atoms with Crippen LogP contribution in [0.3, 0.4) is 0 Å². The summed E-state index contributed by atoms with van der Waals surface area (Å²) in [4.78, 5) is 24.7. The van der Waals surface area contributed by atoms with Gasteiger partial charge in [0.15, 0.2) is 0 Å². The third kappa shape index (κ3) is 12.5. The van der Waals surface area contributed by atoms with Gasteiger partial charge in [0, 0.05) is 13.0 Å². The van der Waals surface area contributed by atoms with Crippen molar-refractivity contribution in [3.63, 3.8) is 0 Å². The topological polar surface area (TPSA) is 130 Å². The molecule has 0 saturated carbocycles. The highest BCUT2D eigenvalue weighted by molar-refractivity contribution is 7.85. The Hall–Kier alpha value is -2.75. The van der Waals surface area contributed by atoms with Gasteiger partial charge < -0.3 is 5.73 Å². The summed E-state index contributed by atoms with van der Waals surface area (Å²) in [5, 5.41) is 1.39. The van der Waals surface area contributed by atoms with Gasteiger partial charge in [-0.3, -0.25) is 24.6 Å². The van der Waals surface area contributed by atoms with Gasteiger partial charge in [-0.25, -0.2) is 0 Å². The van der Waals surface area contributed by atoms with Gasteiger partial charge in [-0.15, -0.1) is 0 Å². The van der Waals surface area contributed by atoms with Gasteiger partial charge in [-0.05, 0) is 49.3 Å². The highest BCUT2D eigenvalue weighted by Crippen LogP contribution is 2.09. The highest BCUT2D eigenvalue weighted by atomic mass is 32.2. The first kappa shape index (κ1) is 30.3. The number of rotatable bonds is 9. The Bertz CT molecular complexity index is 1020. The lowest BCUT2D eigenvalue weighted by molar-refractivity contribution is -0.143. The van der Waals surface area contributed by atoms with Gasteiger partial charge in [0.1, 0.15) is 0 Å². The van der Waals surface area contributed by atoms with Gasteiger partial charge in [0.2, 0.25) is 5.91 Å². The number of carbonyl (C=O) groups excluding carboxylic acids is 2. The van der Waals surface area contributed by atoms with E-state index in [1.165, 1.54) is 17.1 Å². The maximum absolute atomic E-state index is 12.6. The van der Waals surface area contributed by atoms with Crippen LogP contribution < -0.4 is 11.2 Å². The molecule has 8 nitrogen and oxygen atoms in total. The molecule has 2 aromatic carbocycles. The molecule has 194 valence electrons. The Morgan fingerprint density at radius 2 is 1.54 bits per heavy atom. The van der Waals surface area contributed by atoms with E-state index in [4.69, 9.17) is 10.3 Å². The molecule has 35 heavy (non-hydrogen) atoms. The van der Waals surface area contributed by atoms with Crippen LogP contribution in [0.4, 0.5) is 0 Å². The van der Waals surface area contributed by atoms with Crippen LogP contribution >= 0.6 is 0 Å². The Labute approximate surface area is 209 Å². The summed E-state index contributed by atoms with van der Waals surface area (Å²) in [6, 6.07) is 15.0. The first-order valence-electron chi connectivity index (χ1n) is 11.7. The Morgan fingerprint density at radius 3 is 2.03 bits per heavy atom. The Balaban J connectivity index is 0.000000462. The fourth-order valence-corrected chi connectivity index (χ4v) is 3.53. The van der Waals surface area contributed by atoms with Crippen LogP contribution in [-0.4, -0.2) is 42.4 Å². The number of benzene rings is 2. The van der Waals surface area contributed by atoms with Crippen LogP contribution in [0, 0.1) is 18.8 Å². The largest absolute Gasteiger partial charge is 0.320 e. The molecule has 2 amide bonds. The summed E-state index contributed by atoms with van der Waals surface area (Å²) >= 11 is 0. The average Bonchev–Trinajstić information content (AvgIpc) is 2.77. The lowest BCUT2D eigenvalue weighted by Crippen LogP contribution is -2.54. The molecule has 0 heterocycles. The normalized spacial score (nSPS) is 12.0. The number of hydrogen-bond acceptors (Lipinski definition) is 5. The van der Waals surface area contributed by atoms with Crippen LogP contribution in [0.25, 0.3) is 0 Å². The van der Waals surface area contributed by atoms with Crippen molar-refractivity contribution in [3.05, 3.63) is 65.7 Å². The minimum Gasteiger partial charge on any atom is -0.320 e. The van der Waals surface area contributed by atoms with E-state index < -0.39 is 16.2 Å². The third-order valence-electron chi connectivity index (χ3n) is 4.96. The monoisotopic (exact) mass is 505 g/mol. The molecule has 0 aliphatic carbocycles. The predicted octanol–water partition coefficient (Wildman–Crippen LogP) is 3.75. The number of aryl methyl sites for hydroxylation is 1. The van der Waals surface area contributed by atoms with E-state index in [0.717, 1.165) is 17.5 Å². The van der Waals surface area contributed by atoms with Crippen molar-refractivity contribution in [1.29, 1.82) is 0 Å². The van der Waals surface area contributed by atoms with Crippen LogP contribution in [0.1, 0.15) is 51.7 Å². The second kappa shape index (κ2) is 14.6. The molecule has 0 radical (unpaired) electrons. The van der Waals surface area contributed by atoms with Gasteiger partial charge in [0.05, 0.1) is 10.9 Å². The highest BCUT2D eigenvalue weighted by Gasteiger charge is 2.23. The van der Waals surface area contributed by atoms with Gasteiger partial charge in [0.25, 0.3) is 16.0 Å². The van der Waals surface area contributed by atoms with Crippen LogP contribution in [0.5, 0.6) is 0 Å². The Morgan fingerprint density at radius 1 is 0.971 bits per heavy atom. The predicted molar refractivity (Wildman–Crippen MR) is 138 cm³/mol. The summed E-state index contributed by atoms with van der Waals surface area (Å²) in [5.41, 5.74) is 10.8. The standard InChI is InChI=1S/C19H31N3O2.C7H8O3S/c1-14(2)10-11-18(23)21-22(13-15(3)4)19(24)17(20)12-16-8-6-5-7-9-16;1-6-2-4-7(5-3-6)11(8,9)10/h5-9,14-15,17H,10-13,20H2,1-4H3,(H,21,23);2-5H,1H3,(H,8,9,10)/t17-;/m0./s1. The maximum Gasteiger partial charge on any atom is 0.294 e. The molecule has 0 spiro atoms. The van der Waals surface area contributed by atoms with Crippen molar-refractivity contribution < 1.29 is 22.6 Å². The molecular formula is C26H39N3O5S. The van der Waals surface area contributed by atoms with Crippen molar-refractivity contribution in [2.24, 2.45) is 17.6 Å². The van der Waals surface area contributed by atoms with Crippen molar-refractivity contribution >= 4 is 21.9 Å². The van der Waals surface area contributed by atoms with E-state index in [-0.39, 0.29) is 22.6 Å². The van der Waals surface area contributed by atoms with E-state index in [9.17, 15) is 18.0 Å². The minimum atomic E-state index is -4.02. The summed E-state index contributed by atoms with van der Waals surface area (Å²) in [6.07, 6.45) is 1.66. The van der Waals surface area contributed by atoms with Crippen molar-refractivity contribution in [2.75, 3.05) is 6.54 Å². The fraction of sp³-hybridized carbons (Fsp3) is 0.462. The van der Waals surface area contributed by atoms with E-state index in [0.29, 0.717) is 25.3 Å². The number of carbonyl (C=O) groups is 2. The smallest absolute Gasteiger partial charge is 0.294 e. The quantitative estimate of drug-likeness (QED) is 0.352. The van der Waals surface area contributed by atoms with Crippen LogP contribution in [0.15, 0.2) is 59.5 Å².